The maximum atomic E-state index is 6.29. The number of nitrogens with zero attached hydrogens (tertiary/aromatic N) is 3. The van der Waals surface area contributed by atoms with E-state index >= 15 is 0 Å². The van der Waals surface area contributed by atoms with Crippen LogP contribution in [0.15, 0.2) is 18.2 Å². The molecule has 4 N–H and O–H groups in total. The zero-order valence-corrected chi connectivity index (χ0v) is 20.1. The SMILES string of the molecule is CCOCc1nc2c(N)nc3cc(OCCN)ccc3c2n1CC1COC(C)(C)O1.Cl.Cl. The summed E-state index contributed by atoms with van der Waals surface area (Å²) >= 11 is 0. The number of hydrogen-bond donors (Lipinski definition) is 2. The first-order valence-electron chi connectivity index (χ1n) is 10.2. The first-order valence-corrected chi connectivity index (χ1v) is 10.2. The first kappa shape index (κ1) is 26.4. The molecule has 3 aromatic rings. The van der Waals surface area contributed by atoms with Gasteiger partial charge < -0.3 is 35.0 Å². The number of anilines is 1. The highest BCUT2D eigenvalue weighted by Crippen LogP contribution is 2.32. The van der Waals surface area contributed by atoms with Crippen molar-refractivity contribution < 1.29 is 18.9 Å². The minimum atomic E-state index is -0.598. The second-order valence-corrected chi connectivity index (χ2v) is 7.74. The van der Waals surface area contributed by atoms with Crippen LogP contribution in [0.5, 0.6) is 5.75 Å². The number of pyridine rings is 1. The molecule has 178 valence electrons. The highest BCUT2D eigenvalue weighted by molar-refractivity contribution is 6.06. The van der Waals surface area contributed by atoms with Crippen LogP contribution in [0.4, 0.5) is 5.82 Å². The lowest BCUT2D eigenvalue weighted by Crippen LogP contribution is -2.25. The number of rotatable bonds is 8. The predicted octanol–water partition coefficient (Wildman–Crippen LogP) is 3.04. The fraction of sp³-hybridized carbons (Fsp3) is 0.524. The number of fused-ring (bicyclic) bond motifs is 3. The van der Waals surface area contributed by atoms with E-state index < -0.39 is 5.79 Å². The monoisotopic (exact) mass is 487 g/mol. The van der Waals surface area contributed by atoms with Gasteiger partial charge in [0.25, 0.3) is 0 Å². The van der Waals surface area contributed by atoms with Gasteiger partial charge in [-0.3, -0.25) is 0 Å². The van der Waals surface area contributed by atoms with Gasteiger partial charge in [0.1, 0.15) is 36.4 Å². The van der Waals surface area contributed by atoms with E-state index in [1.54, 1.807) is 0 Å². The van der Waals surface area contributed by atoms with Crippen molar-refractivity contribution in [3.05, 3.63) is 24.0 Å². The van der Waals surface area contributed by atoms with Crippen molar-refractivity contribution in [2.75, 3.05) is 32.1 Å². The lowest BCUT2D eigenvalue weighted by atomic mass is 10.1. The van der Waals surface area contributed by atoms with Crippen LogP contribution in [0.2, 0.25) is 0 Å². The molecular formula is C21H31Cl2N5O4. The van der Waals surface area contributed by atoms with E-state index in [9.17, 15) is 0 Å². The topological polar surface area (TPSA) is 120 Å². The van der Waals surface area contributed by atoms with Crippen molar-refractivity contribution in [1.82, 2.24) is 14.5 Å². The van der Waals surface area contributed by atoms with E-state index in [1.807, 2.05) is 39.0 Å². The number of aromatic nitrogens is 3. The number of nitrogens with two attached hydrogens (primary N) is 2. The Morgan fingerprint density at radius 2 is 2.03 bits per heavy atom. The minimum Gasteiger partial charge on any atom is -0.492 e. The molecule has 1 atom stereocenters. The van der Waals surface area contributed by atoms with Crippen LogP contribution in [-0.2, 0) is 27.4 Å². The molecule has 1 aliphatic rings. The lowest BCUT2D eigenvalue weighted by Gasteiger charge is -2.18. The molecule has 11 heteroatoms. The molecule has 1 fully saturated rings. The van der Waals surface area contributed by atoms with E-state index in [4.69, 9.17) is 35.4 Å². The number of imidazole rings is 1. The van der Waals surface area contributed by atoms with Gasteiger partial charge in [-0.05, 0) is 32.9 Å². The standard InChI is InChI=1S/C21H29N5O4.2ClH/c1-4-27-12-17-25-18-19(26(17)10-14-11-29-21(2,3)30-14)15-6-5-13(28-8-7-22)9-16(15)24-20(18)23;;/h5-6,9,14H,4,7-8,10-12,22H2,1-3H3,(H2,23,24);2*1H. The number of benzene rings is 1. The van der Waals surface area contributed by atoms with E-state index in [-0.39, 0.29) is 30.9 Å². The summed E-state index contributed by atoms with van der Waals surface area (Å²) in [6.07, 6.45) is -0.102. The molecule has 1 aliphatic heterocycles. The Morgan fingerprint density at radius 3 is 2.69 bits per heavy atom. The minimum absolute atomic E-state index is 0. The molecule has 1 unspecified atom stereocenters. The Kier molecular flexibility index (Phi) is 8.92. The molecule has 3 heterocycles. The smallest absolute Gasteiger partial charge is 0.163 e. The quantitative estimate of drug-likeness (QED) is 0.497. The third-order valence-electron chi connectivity index (χ3n) is 5.03. The maximum Gasteiger partial charge on any atom is 0.163 e. The number of hydrogen-bond acceptors (Lipinski definition) is 8. The van der Waals surface area contributed by atoms with Crippen molar-refractivity contribution in [3.8, 4) is 5.75 Å². The fourth-order valence-electron chi connectivity index (χ4n) is 3.76. The zero-order valence-electron chi connectivity index (χ0n) is 18.5. The van der Waals surface area contributed by atoms with Gasteiger partial charge in [-0.1, -0.05) is 0 Å². The Hall–Kier alpha value is -1.88. The second-order valence-electron chi connectivity index (χ2n) is 7.74. The third-order valence-corrected chi connectivity index (χ3v) is 5.03. The van der Waals surface area contributed by atoms with Gasteiger partial charge in [0.2, 0.25) is 0 Å². The number of nitrogen functional groups attached to an aromatic ring is 1. The summed E-state index contributed by atoms with van der Waals surface area (Å²) in [7, 11) is 0. The molecule has 1 saturated heterocycles. The summed E-state index contributed by atoms with van der Waals surface area (Å²) in [6.45, 7) is 8.73. The normalized spacial score (nSPS) is 17.3. The van der Waals surface area contributed by atoms with Crippen LogP contribution in [0.3, 0.4) is 0 Å². The average molecular weight is 488 g/mol. The second kappa shape index (κ2) is 10.8. The number of ether oxygens (including phenoxy) is 4. The lowest BCUT2D eigenvalue weighted by molar-refractivity contribution is -0.139. The molecule has 0 aliphatic carbocycles. The molecule has 0 saturated carbocycles. The van der Waals surface area contributed by atoms with Gasteiger partial charge in [-0.15, -0.1) is 24.8 Å². The summed E-state index contributed by atoms with van der Waals surface area (Å²) in [5.41, 5.74) is 14.1. The molecule has 0 spiro atoms. The van der Waals surface area contributed by atoms with Gasteiger partial charge >= 0.3 is 0 Å². The molecular weight excluding hydrogens is 457 g/mol. The maximum absolute atomic E-state index is 6.29. The Balaban J connectivity index is 0.00000181. The Bertz CT molecular complexity index is 1060. The van der Waals surface area contributed by atoms with Gasteiger partial charge in [-0.25, -0.2) is 9.97 Å². The van der Waals surface area contributed by atoms with Crippen molar-refractivity contribution >= 4 is 52.6 Å². The summed E-state index contributed by atoms with van der Waals surface area (Å²) in [5, 5.41) is 0.938. The predicted molar refractivity (Wildman–Crippen MR) is 129 cm³/mol. The Morgan fingerprint density at radius 1 is 1.25 bits per heavy atom. The summed E-state index contributed by atoms with van der Waals surface area (Å²) in [4.78, 5) is 9.31. The number of halogens is 2. The highest BCUT2D eigenvalue weighted by atomic mass is 35.5. The van der Waals surface area contributed by atoms with Crippen LogP contribution in [-0.4, -0.2) is 52.8 Å². The van der Waals surface area contributed by atoms with Crippen molar-refractivity contribution in [2.24, 2.45) is 5.73 Å². The van der Waals surface area contributed by atoms with Crippen LogP contribution >= 0.6 is 24.8 Å². The molecule has 0 amide bonds. The largest absolute Gasteiger partial charge is 0.492 e. The van der Waals surface area contributed by atoms with Gasteiger partial charge in [-0.2, -0.15) is 0 Å². The van der Waals surface area contributed by atoms with E-state index in [0.29, 0.717) is 56.6 Å². The highest BCUT2D eigenvalue weighted by Gasteiger charge is 2.33. The van der Waals surface area contributed by atoms with E-state index in [2.05, 4.69) is 9.55 Å². The van der Waals surface area contributed by atoms with E-state index in [1.165, 1.54) is 0 Å². The molecule has 9 nitrogen and oxygen atoms in total. The first-order chi connectivity index (χ1) is 14.4. The van der Waals surface area contributed by atoms with Crippen LogP contribution in [0.25, 0.3) is 21.9 Å². The summed E-state index contributed by atoms with van der Waals surface area (Å²) in [5.74, 6) is 1.26. The summed E-state index contributed by atoms with van der Waals surface area (Å²) < 4.78 is 25.2. The van der Waals surface area contributed by atoms with Crippen LogP contribution in [0, 0.1) is 0 Å². The molecule has 2 aromatic heterocycles. The Labute approximate surface area is 199 Å². The third kappa shape index (κ3) is 5.36. The molecule has 32 heavy (non-hydrogen) atoms. The molecule has 0 bridgehead atoms. The van der Waals surface area contributed by atoms with Crippen LogP contribution in [0.1, 0.15) is 26.6 Å². The summed E-state index contributed by atoms with van der Waals surface area (Å²) in [6, 6.07) is 5.76. The van der Waals surface area contributed by atoms with Crippen molar-refractivity contribution in [1.29, 1.82) is 0 Å². The van der Waals surface area contributed by atoms with E-state index in [0.717, 1.165) is 22.2 Å². The zero-order chi connectivity index (χ0) is 21.3. The molecule has 4 rings (SSSR count). The van der Waals surface area contributed by atoms with Gasteiger partial charge in [0.15, 0.2) is 11.6 Å². The van der Waals surface area contributed by atoms with Crippen molar-refractivity contribution in [2.45, 2.75) is 45.8 Å². The van der Waals surface area contributed by atoms with Crippen molar-refractivity contribution in [3.63, 3.8) is 0 Å². The average Bonchev–Trinajstić information content (AvgIpc) is 3.25. The van der Waals surface area contributed by atoms with Crippen LogP contribution < -0.4 is 16.2 Å². The fourth-order valence-corrected chi connectivity index (χ4v) is 3.76. The molecule has 0 radical (unpaired) electrons. The molecule has 1 aromatic carbocycles. The van der Waals surface area contributed by atoms with Gasteiger partial charge in [0, 0.05) is 24.6 Å². The van der Waals surface area contributed by atoms with Gasteiger partial charge in [0.05, 0.1) is 24.2 Å².